The summed E-state index contributed by atoms with van der Waals surface area (Å²) in [4.78, 5) is 15.8. The number of rotatable bonds is 3. The van der Waals surface area contributed by atoms with Crippen molar-refractivity contribution in [2.45, 2.75) is 19.3 Å². The maximum absolute atomic E-state index is 11.9. The van der Waals surface area contributed by atoms with Crippen LogP contribution in [0.4, 0.5) is 0 Å². The van der Waals surface area contributed by atoms with Gasteiger partial charge < -0.3 is 4.74 Å². The number of carbonyl (C=O) groups excluding carboxylic acids is 1. The van der Waals surface area contributed by atoms with Gasteiger partial charge in [0, 0.05) is 31.4 Å². The summed E-state index contributed by atoms with van der Waals surface area (Å²) in [6, 6.07) is 3.34. The molecule has 1 aromatic rings. The summed E-state index contributed by atoms with van der Waals surface area (Å²) in [5.41, 5.74) is 0.659. The smallest absolute Gasteiger partial charge is 0.163 e. The molecule has 1 aliphatic rings. The zero-order chi connectivity index (χ0) is 11.4. The highest BCUT2D eigenvalue weighted by Gasteiger charge is 2.18. The second-order valence-electron chi connectivity index (χ2n) is 4.05. The van der Waals surface area contributed by atoms with Crippen LogP contribution in [-0.4, -0.2) is 24.0 Å². The van der Waals surface area contributed by atoms with Crippen molar-refractivity contribution in [3.63, 3.8) is 0 Å². The Morgan fingerprint density at radius 2 is 2.25 bits per heavy atom. The van der Waals surface area contributed by atoms with Crippen LogP contribution < -0.4 is 0 Å². The highest BCUT2D eigenvalue weighted by atomic mass is 35.5. The van der Waals surface area contributed by atoms with E-state index in [9.17, 15) is 4.79 Å². The quantitative estimate of drug-likeness (QED) is 0.601. The van der Waals surface area contributed by atoms with Crippen LogP contribution in [0.3, 0.4) is 0 Å². The van der Waals surface area contributed by atoms with Gasteiger partial charge >= 0.3 is 0 Å². The van der Waals surface area contributed by atoms with Crippen LogP contribution in [0, 0.1) is 5.92 Å². The van der Waals surface area contributed by atoms with Crippen molar-refractivity contribution in [3.05, 3.63) is 29.0 Å². The largest absolute Gasteiger partial charge is 0.381 e. The van der Waals surface area contributed by atoms with E-state index in [1.807, 2.05) is 0 Å². The van der Waals surface area contributed by atoms with E-state index in [2.05, 4.69) is 4.98 Å². The number of carbonyl (C=O) groups is 1. The topological polar surface area (TPSA) is 39.2 Å². The van der Waals surface area contributed by atoms with Crippen molar-refractivity contribution < 1.29 is 9.53 Å². The summed E-state index contributed by atoms with van der Waals surface area (Å²) < 4.78 is 5.26. The standard InChI is InChI=1S/C12H14ClNO2/c13-12-8-10(1-4-14-12)11(15)7-9-2-5-16-6-3-9/h1,4,8-9H,2-3,5-7H2. The molecule has 1 aliphatic heterocycles. The third kappa shape index (κ3) is 3.03. The fourth-order valence-corrected chi connectivity index (χ4v) is 2.08. The average molecular weight is 240 g/mol. The highest BCUT2D eigenvalue weighted by Crippen LogP contribution is 2.21. The van der Waals surface area contributed by atoms with Gasteiger partial charge in [-0.1, -0.05) is 11.6 Å². The minimum absolute atomic E-state index is 0.149. The second-order valence-corrected chi connectivity index (χ2v) is 4.44. The predicted molar refractivity (Wildman–Crippen MR) is 61.7 cm³/mol. The van der Waals surface area contributed by atoms with Crippen molar-refractivity contribution >= 4 is 17.4 Å². The van der Waals surface area contributed by atoms with Gasteiger partial charge in [0.05, 0.1) is 0 Å². The minimum Gasteiger partial charge on any atom is -0.381 e. The Morgan fingerprint density at radius 3 is 2.94 bits per heavy atom. The van der Waals surface area contributed by atoms with Gasteiger partial charge in [0.15, 0.2) is 5.78 Å². The zero-order valence-corrected chi connectivity index (χ0v) is 9.74. The Balaban J connectivity index is 1.97. The van der Waals surface area contributed by atoms with Gasteiger partial charge in [-0.2, -0.15) is 0 Å². The number of aromatic nitrogens is 1. The zero-order valence-electron chi connectivity index (χ0n) is 8.99. The molecule has 0 bridgehead atoms. The molecule has 0 unspecified atom stereocenters. The SMILES string of the molecule is O=C(CC1CCOCC1)c1ccnc(Cl)c1. The van der Waals surface area contributed by atoms with E-state index in [0.29, 0.717) is 23.1 Å². The maximum Gasteiger partial charge on any atom is 0.163 e. The summed E-state index contributed by atoms with van der Waals surface area (Å²) in [7, 11) is 0. The molecule has 0 N–H and O–H groups in total. The molecule has 1 saturated heterocycles. The number of hydrogen-bond donors (Lipinski definition) is 0. The summed E-state index contributed by atoms with van der Waals surface area (Å²) in [5.74, 6) is 0.601. The first-order chi connectivity index (χ1) is 7.75. The Labute approximate surface area is 99.8 Å². The molecule has 4 heteroatoms. The molecule has 16 heavy (non-hydrogen) atoms. The molecule has 0 radical (unpaired) electrons. The van der Waals surface area contributed by atoms with E-state index in [-0.39, 0.29) is 5.78 Å². The van der Waals surface area contributed by atoms with E-state index >= 15 is 0 Å². The highest BCUT2D eigenvalue weighted by molar-refractivity contribution is 6.29. The molecular formula is C12H14ClNO2. The molecule has 0 saturated carbocycles. The molecule has 2 heterocycles. The average Bonchev–Trinajstić information content (AvgIpc) is 2.30. The van der Waals surface area contributed by atoms with Crippen LogP contribution in [0.15, 0.2) is 18.3 Å². The number of nitrogens with zero attached hydrogens (tertiary/aromatic N) is 1. The maximum atomic E-state index is 11.9. The van der Waals surface area contributed by atoms with E-state index in [4.69, 9.17) is 16.3 Å². The van der Waals surface area contributed by atoms with Gasteiger partial charge in [0.1, 0.15) is 5.15 Å². The molecule has 86 valence electrons. The van der Waals surface area contributed by atoms with Crippen LogP contribution >= 0.6 is 11.6 Å². The normalized spacial score (nSPS) is 17.3. The summed E-state index contributed by atoms with van der Waals surface area (Å²) in [5, 5.41) is 0.373. The van der Waals surface area contributed by atoms with E-state index < -0.39 is 0 Å². The third-order valence-corrected chi connectivity index (χ3v) is 3.07. The Morgan fingerprint density at radius 1 is 1.50 bits per heavy atom. The van der Waals surface area contributed by atoms with E-state index in [1.54, 1.807) is 18.3 Å². The molecule has 1 fully saturated rings. The molecule has 1 aromatic heterocycles. The fraction of sp³-hybridized carbons (Fsp3) is 0.500. The molecule has 0 aliphatic carbocycles. The fourth-order valence-electron chi connectivity index (χ4n) is 1.91. The van der Waals surface area contributed by atoms with Crippen molar-refractivity contribution in [2.24, 2.45) is 5.92 Å². The number of Topliss-reactive ketones (excluding diaryl/α,β-unsaturated/α-hetero) is 1. The van der Waals surface area contributed by atoms with Crippen molar-refractivity contribution in [3.8, 4) is 0 Å². The number of ketones is 1. The van der Waals surface area contributed by atoms with Gasteiger partial charge in [-0.3, -0.25) is 4.79 Å². The monoisotopic (exact) mass is 239 g/mol. The Hall–Kier alpha value is -0.930. The van der Waals surface area contributed by atoms with Crippen molar-refractivity contribution in [2.75, 3.05) is 13.2 Å². The summed E-state index contributed by atoms with van der Waals surface area (Å²) in [6.07, 6.45) is 4.11. The summed E-state index contributed by atoms with van der Waals surface area (Å²) in [6.45, 7) is 1.55. The predicted octanol–water partition coefficient (Wildman–Crippen LogP) is 2.73. The number of pyridine rings is 1. The Kier molecular flexibility index (Phi) is 3.91. The van der Waals surface area contributed by atoms with Crippen LogP contribution in [0.25, 0.3) is 0 Å². The lowest BCUT2D eigenvalue weighted by molar-refractivity contribution is 0.0601. The summed E-state index contributed by atoms with van der Waals surface area (Å²) >= 11 is 5.75. The first kappa shape index (κ1) is 11.6. The molecular weight excluding hydrogens is 226 g/mol. The van der Waals surface area contributed by atoms with Gasteiger partial charge in [0.2, 0.25) is 0 Å². The van der Waals surface area contributed by atoms with Crippen LogP contribution in [-0.2, 0) is 4.74 Å². The molecule has 3 nitrogen and oxygen atoms in total. The van der Waals surface area contributed by atoms with E-state index in [1.165, 1.54) is 0 Å². The number of hydrogen-bond acceptors (Lipinski definition) is 3. The van der Waals surface area contributed by atoms with Gasteiger partial charge in [-0.05, 0) is 30.9 Å². The molecule has 0 atom stereocenters. The second kappa shape index (κ2) is 5.41. The Bertz CT molecular complexity index is 375. The van der Waals surface area contributed by atoms with Crippen molar-refractivity contribution in [1.29, 1.82) is 0 Å². The van der Waals surface area contributed by atoms with Gasteiger partial charge in [0.25, 0.3) is 0 Å². The van der Waals surface area contributed by atoms with Crippen molar-refractivity contribution in [1.82, 2.24) is 4.98 Å². The molecule has 0 aromatic carbocycles. The lowest BCUT2D eigenvalue weighted by Crippen LogP contribution is -2.18. The van der Waals surface area contributed by atoms with Gasteiger partial charge in [-0.15, -0.1) is 0 Å². The number of halogens is 1. The first-order valence-electron chi connectivity index (χ1n) is 5.48. The molecule has 0 amide bonds. The van der Waals surface area contributed by atoms with Crippen LogP contribution in [0.1, 0.15) is 29.6 Å². The third-order valence-electron chi connectivity index (χ3n) is 2.86. The van der Waals surface area contributed by atoms with Gasteiger partial charge in [-0.25, -0.2) is 4.98 Å². The molecule has 0 spiro atoms. The van der Waals surface area contributed by atoms with E-state index in [0.717, 1.165) is 26.1 Å². The minimum atomic E-state index is 0.149. The van der Waals surface area contributed by atoms with Crippen LogP contribution in [0.5, 0.6) is 0 Å². The molecule has 2 rings (SSSR count). The van der Waals surface area contributed by atoms with Crippen LogP contribution in [0.2, 0.25) is 5.15 Å². The number of ether oxygens (including phenoxy) is 1. The first-order valence-corrected chi connectivity index (χ1v) is 5.86. The lowest BCUT2D eigenvalue weighted by atomic mass is 9.92. The lowest BCUT2D eigenvalue weighted by Gasteiger charge is -2.21.